The number of barbiturate groups is 1. The molecule has 0 aromatic heterocycles. The zero-order chi connectivity index (χ0) is 28.3. The van der Waals surface area contributed by atoms with Gasteiger partial charge in [-0.15, -0.1) is 0 Å². The maximum absolute atomic E-state index is 13.2. The number of halogens is 2. The SMILES string of the molecule is C[C@@H]1CN(Cc2ccc(F)cc2)[C@@H](C)CN1C(=O)COc1ccc(Cl)cc1C(=O)CC1C(=O)NC(=O)NC1=O. The molecular formula is C27H28ClFN4O6. The first-order valence-corrected chi connectivity index (χ1v) is 12.8. The number of rotatable bonds is 8. The molecule has 0 aliphatic carbocycles. The lowest BCUT2D eigenvalue weighted by atomic mass is 9.95. The Morgan fingerprint density at radius 3 is 2.33 bits per heavy atom. The molecule has 0 spiro atoms. The second-order valence-electron chi connectivity index (χ2n) is 9.72. The Labute approximate surface area is 229 Å². The Hall–Kier alpha value is -3.83. The van der Waals surface area contributed by atoms with Crippen LogP contribution < -0.4 is 15.4 Å². The molecule has 0 bridgehead atoms. The van der Waals surface area contributed by atoms with Crippen molar-refractivity contribution in [1.29, 1.82) is 0 Å². The van der Waals surface area contributed by atoms with E-state index < -0.39 is 36.0 Å². The predicted molar refractivity (Wildman–Crippen MR) is 139 cm³/mol. The Morgan fingerprint density at radius 1 is 1.00 bits per heavy atom. The fraction of sp³-hybridized carbons (Fsp3) is 0.370. The van der Waals surface area contributed by atoms with Crippen molar-refractivity contribution in [3.8, 4) is 5.75 Å². The largest absolute Gasteiger partial charge is 0.483 e. The van der Waals surface area contributed by atoms with Crippen LogP contribution in [-0.2, 0) is 20.9 Å². The molecule has 2 aliphatic heterocycles. The quantitative estimate of drug-likeness (QED) is 0.377. The standard InChI is InChI=1S/C27H28ClFN4O6/c1-15-12-33(16(2)11-32(15)13-17-3-6-19(29)7-4-17)24(35)14-39-23-8-5-18(28)9-20(23)22(34)10-21-25(36)30-27(38)31-26(21)37/h3-9,15-16,21H,10-14H2,1-2H3,(H2,30,31,36,37,38)/t15-,16+/m0/s1. The van der Waals surface area contributed by atoms with Crippen LogP contribution in [0.4, 0.5) is 9.18 Å². The van der Waals surface area contributed by atoms with E-state index in [1.165, 1.54) is 30.3 Å². The molecule has 2 aliphatic rings. The van der Waals surface area contributed by atoms with Crippen LogP contribution in [0.3, 0.4) is 0 Å². The third-order valence-corrected chi connectivity index (χ3v) is 7.06. The summed E-state index contributed by atoms with van der Waals surface area (Å²) >= 11 is 6.07. The molecule has 2 heterocycles. The number of amides is 5. The first-order valence-electron chi connectivity index (χ1n) is 12.4. The number of nitrogens with one attached hydrogen (secondary N) is 2. The topological polar surface area (TPSA) is 125 Å². The summed E-state index contributed by atoms with van der Waals surface area (Å²) in [6.45, 7) is 5.31. The first-order chi connectivity index (χ1) is 18.5. The van der Waals surface area contributed by atoms with Crippen LogP contribution in [0.2, 0.25) is 5.02 Å². The monoisotopic (exact) mass is 558 g/mol. The zero-order valence-corrected chi connectivity index (χ0v) is 22.2. The number of hydrogen-bond acceptors (Lipinski definition) is 7. The lowest BCUT2D eigenvalue weighted by molar-refractivity contribution is -0.139. The van der Waals surface area contributed by atoms with Crippen LogP contribution in [0.1, 0.15) is 36.2 Å². The fourth-order valence-corrected chi connectivity index (χ4v) is 4.86. The number of urea groups is 1. The summed E-state index contributed by atoms with van der Waals surface area (Å²) in [5.41, 5.74) is 0.992. The Morgan fingerprint density at radius 2 is 1.67 bits per heavy atom. The molecule has 206 valence electrons. The van der Waals surface area contributed by atoms with E-state index >= 15 is 0 Å². The normalized spacial score (nSPS) is 20.4. The van der Waals surface area contributed by atoms with Crippen molar-refractivity contribution in [3.63, 3.8) is 0 Å². The third-order valence-electron chi connectivity index (χ3n) is 6.82. The average molecular weight is 559 g/mol. The highest BCUT2D eigenvalue weighted by Crippen LogP contribution is 2.27. The van der Waals surface area contributed by atoms with Gasteiger partial charge in [0.2, 0.25) is 11.8 Å². The second kappa shape index (κ2) is 11.9. The molecule has 39 heavy (non-hydrogen) atoms. The molecule has 10 nitrogen and oxygen atoms in total. The van der Waals surface area contributed by atoms with E-state index in [0.29, 0.717) is 19.6 Å². The predicted octanol–water partition coefficient (Wildman–Crippen LogP) is 2.53. The van der Waals surface area contributed by atoms with Crippen LogP contribution in [0, 0.1) is 11.7 Å². The number of piperazine rings is 1. The highest BCUT2D eigenvalue weighted by molar-refractivity contribution is 6.31. The number of benzene rings is 2. The van der Waals surface area contributed by atoms with Crippen molar-refractivity contribution >= 4 is 41.1 Å². The molecule has 5 amide bonds. The molecule has 2 N–H and O–H groups in total. The van der Waals surface area contributed by atoms with Crippen LogP contribution in [0.15, 0.2) is 42.5 Å². The Balaban J connectivity index is 1.38. The van der Waals surface area contributed by atoms with E-state index in [4.69, 9.17) is 16.3 Å². The third kappa shape index (κ3) is 6.79. The maximum Gasteiger partial charge on any atom is 0.328 e. The highest BCUT2D eigenvalue weighted by atomic mass is 35.5. The summed E-state index contributed by atoms with van der Waals surface area (Å²) in [5.74, 6) is -4.23. The van der Waals surface area contributed by atoms with Crippen molar-refractivity contribution in [2.24, 2.45) is 5.92 Å². The summed E-state index contributed by atoms with van der Waals surface area (Å²) in [7, 11) is 0. The second-order valence-corrected chi connectivity index (χ2v) is 10.2. The van der Waals surface area contributed by atoms with Gasteiger partial charge in [-0.3, -0.25) is 34.7 Å². The Bertz CT molecular complexity index is 1280. The van der Waals surface area contributed by atoms with Crippen molar-refractivity contribution in [3.05, 3.63) is 64.4 Å². The highest BCUT2D eigenvalue weighted by Gasteiger charge is 2.37. The van der Waals surface area contributed by atoms with E-state index in [-0.39, 0.29) is 46.8 Å². The van der Waals surface area contributed by atoms with Crippen molar-refractivity contribution in [1.82, 2.24) is 20.4 Å². The van der Waals surface area contributed by atoms with E-state index in [1.807, 2.05) is 24.5 Å². The van der Waals surface area contributed by atoms with Crippen LogP contribution >= 0.6 is 11.6 Å². The van der Waals surface area contributed by atoms with E-state index in [9.17, 15) is 28.4 Å². The van der Waals surface area contributed by atoms with Crippen LogP contribution in [0.25, 0.3) is 0 Å². The summed E-state index contributed by atoms with van der Waals surface area (Å²) in [6.07, 6.45) is -0.514. The smallest absolute Gasteiger partial charge is 0.328 e. The number of carbonyl (C=O) groups is 5. The molecular weight excluding hydrogens is 531 g/mol. The number of ketones is 1. The van der Waals surface area contributed by atoms with Gasteiger partial charge in [0.1, 0.15) is 17.5 Å². The molecule has 0 saturated carbocycles. The van der Waals surface area contributed by atoms with Gasteiger partial charge in [-0.2, -0.15) is 0 Å². The minimum atomic E-state index is -1.39. The number of carbonyl (C=O) groups excluding carboxylic acids is 5. The van der Waals surface area contributed by atoms with E-state index in [0.717, 1.165) is 5.56 Å². The molecule has 2 aromatic rings. The van der Waals surface area contributed by atoms with Crippen molar-refractivity contribution < 1.29 is 33.1 Å². The fourth-order valence-electron chi connectivity index (χ4n) is 4.69. The van der Waals surface area contributed by atoms with Gasteiger partial charge in [-0.1, -0.05) is 23.7 Å². The molecule has 0 radical (unpaired) electrons. The molecule has 2 saturated heterocycles. The van der Waals surface area contributed by atoms with Gasteiger partial charge in [0.25, 0.3) is 5.91 Å². The first kappa shape index (κ1) is 28.2. The summed E-state index contributed by atoms with van der Waals surface area (Å²) in [5, 5.41) is 4.14. The van der Waals surface area contributed by atoms with Gasteiger partial charge in [0, 0.05) is 43.2 Å². The zero-order valence-electron chi connectivity index (χ0n) is 21.4. The van der Waals surface area contributed by atoms with Gasteiger partial charge in [-0.25, -0.2) is 9.18 Å². The van der Waals surface area contributed by atoms with Gasteiger partial charge in [0.05, 0.1) is 5.56 Å². The minimum Gasteiger partial charge on any atom is -0.483 e. The lowest BCUT2D eigenvalue weighted by Crippen LogP contribution is -2.58. The maximum atomic E-state index is 13.2. The summed E-state index contributed by atoms with van der Waals surface area (Å²) in [4.78, 5) is 65.4. The van der Waals surface area contributed by atoms with Crippen molar-refractivity contribution in [2.45, 2.75) is 38.9 Å². The van der Waals surface area contributed by atoms with Gasteiger partial charge >= 0.3 is 6.03 Å². The number of hydrogen-bond donors (Lipinski definition) is 2. The van der Waals surface area contributed by atoms with Gasteiger partial charge in [-0.05, 0) is 49.7 Å². The number of Topliss-reactive ketones (excluding diaryl/α,β-unsaturated/α-hetero) is 1. The number of nitrogens with zero attached hydrogens (tertiary/aromatic N) is 2. The molecule has 0 unspecified atom stereocenters. The van der Waals surface area contributed by atoms with E-state index in [1.54, 1.807) is 17.0 Å². The lowest BCUT2D eigenvalue weighted by Gasteiger charge is -2.44. The van der Waals surface area contributed by atoms with Crippen LogP contribution in [0.5, 0.6) is 5.75 Å². The minimum absolute atomic E-state index is 0.0123. The molecule has 2 fully saturated rings. The Kier molecular flexibility index (Phi) is 8.61. The molecule has 2 atom stereocenters. The average Bonchev–Trinajstić information content (AvgIpc) is 2.88. The number of imide groups is 2. The summed E-state index contributed by atoms with van der Waals surface area (Å²) in [6, 6.07) is 9.61. The van der Waals surface area contributed by atoms with Gasteiger partial charge < -0.3 is 9.64 Å². The molecule has 4 rings (SSSR count). The molecule has 2 aromatic carbocycles. The van der Waals surface area contributed by atoms with Gasteiger partial charge in [0.15, 0.2) is 12.4 Å². The van der Waals surface area contributed by atoms with Crippen LogP contribution in [-0.4, -0.2) is 71.1 Å². The molecule has 12 heteroatoms. The number of ether oxygens (including phenoxy) is 1. The summed E-state index contributed by atoms with van der Waals surface area (Å²) < 4.78 is 19.0. The van der Waals surface area contributed by atoms with E-state index in [2.05, 4.69) is 4.90 Å². The van der Waals surface area contributed by atoms with Crippen molar-refractivity contribution in [2.75, 3.05) is 19.7 Å².